The quantitative estimate of drug-likeness (QED) is 0.726. The van der Waals surface area contributed by atoms with Crippen LogP contribution < -0.4 is 5.32 Å². The van der Waals surface area contributed by atoms with E-state index >= 15 is 0 Å². The molecule has 2 aliphatic rings. The van der Waals surface area contributed by atoms with Crippen LogP contribution in [-0.2, 0) is 0 Å². The summed E-state index contributed by atoms with van der Waals surface area (Å²) in [5.74, 6) is 0.687. The Kier molecular flexibility index (Phi) is 6.11. The normalized spacial score (nSPS) is 26.2. The fraction of sp³-hybridized carbons (Fsp3) is 1.00. The molecule has 1 aliphatic heterocycles. The number of nitrogens with one attached hydrogen (secondary N) is 1. The molecule has 1 heterocycles. The van der Waals surface area contributed by atoms with E-state index in [1.807, 2.05) is 0 Å². The first-order valence-electron chi connectivity index (χ1n) is 8.33. The van der Waals surface area contributed by atoms with Gasteiger partial charge in [0.2, 0.25) is 0 Å². The van der Waals surface area contributed by atoms with Gasteiger partial charge in [0.05, 0.1) is 5.60 Å². The van der Waals surface area contributed by atoms with Crippen LogP contribution in [0.2, 0.25) is 0 Å². The Morgan fingerprint density at radius 2 is 1.68 bits per heavy atom. The summed E-state index contributed by atoms with van der Waals surface area (Å²) in [5.41, 5.74) is -0.427. The van der Waals surface area contributed by atoms with Crippen molar-refractivity contribution in [3.63, 3.8) is 0 Å². The largest absolute Gasteiger partial charge is 0.389 e. The maximum absolute atomic E-state index is 10.6. The molecule has 0 bridgehead atoms. The highest BCUT2D eigenvalue weighted by molar-refractivity contribution is 4.83. The molecule has 0 spiro atoms. The Morgan fingerprint density at radius 3 is 2.32 bits per heavy atom. The first-order chi connectivity index (χ1) is 9.18. The minimum Gasteiger partial charge on any atom is -0.389 e. The maximum atomic E-state index is 10.6. The number of rotatable bonds is 6. The van der Waals surface area contributed by atoms with E-state index in [1.54, 1.807) is 0 Å². The SMILES string of the molecule is CC(CNCC1(O)CCCCCC1)CN1CCCC1. The van der Waals surface area contributed by atoms with Crippen LogP contribution in [0.3, 0.4) is 0 Å². The van der Waals surface area contributed by atoms with Gasteiger partial charge in [-0.25, -0.2) is 0 Å². The molecule has 1 saturated heterocycles. The van der Waals surface area contributed by atoms with Gasteiger partial charge in [-0.05, 0) is 51.2 Å². The molecular weight excluding hydrogens is 236 g/mol. The van der Waals surface area contributed by atoms with Gasteiger partial charge in [0.15, 0.2) is 0 Å². The molecule has 112 valence electrons. The molecule has 3 nitrogen and oxygen atoms in total. The summed E-state index contributed by atoms with van der Waals surface area (Å²) in [6, 6.07) is 0. The van der Waals surface area contributed by atoms with Gasteiger partial charge >= 0.3 is 0 Å². The summed E-state index contributed by atoms with van der Waals surface area (Å²) in [6.07, 6.45) is 9.71. The van der Waals surface area contributed by atoms with E-state index in [-0.39, 0.29) is 0 Å². The zero-order chi connectivity index (χ0) is 13.6. The van der Waals surface area contributed by atoms with Gasteiger partial charge in [-0.15, -0.1) is 0 Å². The standard InChI is InChI=1S/C16H32N2O/c1-15(13-18-10-6-7-11-18)12-17-14-16(19)8-4-2-3-5-9-16/h15,17,19H,2-14H2,1H3. The molecule has 1 unspecified atom stereocenters. The first-order valence-corrected chi connectivity index (χ1v) is 8.33. The summed E-state index contributed by atoms with van der Waals surface area (Å²) >= 11 is 0. The molecule has 1 atom stereocenters. The Labute approximate surface area is 118 Å². The molecule has 0 aromatic heterocycles. The van der Waals surface area contributed by atoms with Crippen molar-refractivity contribution in [2.75, 3.05) is 32.7 Å². The van der Waals surface area contributed by atoms with Crippen molar-refractivity contribution in [1.82, 2.24) is 10.2 Å². The van der Waals surface area contributed by atoms with Crippen LogP contribution in [0.15, 0.2) is 0 Å². The van der Waals surface area contributed by atoms with Gasteiger partial charge < -0.3 is 15.3 Å². The summed E-state index contributed by atoms with van der Waals surface area (Å²) < 4.78 is 0. The van der Waals surface area contributed by atoms with E-state index in [0.29, 0.717) is 5.92 Å². The Balaban J connectivity index is 1.61. The summed E-state index contributed by atoms with van der Waals surface area (Å²) in [4.78, 5) is 2.58. The monoisotopic (exact) mass is 268 g/mol. The van der Waals surface area contributed by atoms with Crippen LogP contribution in [-0.4, -0.2) is 48.3 Å². The van der Waals surface area contributed by atoms with E-state index in [1.165, 1.54) is 58.2 Å². The highest BCUT2D eigenvalue weighted by Crippen LogP contribution is 2.26. The highest BCUT2D eigenvalue weighted by atomic mass is 16.3. The van der Waals surface area contributed by atoms with Crippen LogP contribution in [0.4, 0.5) is 0 Å². The van der Waals surface area contributed by atoms with Crippen molar-refractivity contribution < 1.29 is 5.11 Å². The number of likely N-dealkylation sites (tertiary alicyclic amines) is 1. The molecule has 19 heavy (non-hydrogen) atoms. The van der Waals surface area contributed by atoms with E-state index in [2.05, 4.69) is 17.1 Å². The molecule has 2 fully saturated rings. The van der Waals surface area contributed by atoms with E-state index in [0.717, 1.165) is 25.9 Å². The second-order valence-corrected chi connectivity index (χ2v) is 6.88. The summed E-state index contributed by atoms with van der Waals surface area (Å²) in [5, 5.41) is 14.1. The fourth-order valence-electron chi connectivity index (χ4n) is 3.59. The number of aliphatic hydroxyl groups is 1. The van der Waals surface area contributed by atoms with E-state index in [9.17, 15) is 5.11 Å². The van der Waals surface area contributed by atoms with Gasteiger partial charge in [-0.1, -0.05) is 32.6 Å². The third-order valence-electron chi connectivity index (χ3n) is 4.75. The summed E-state index contributed by atoms with van der Waals surface area (Å²) in [7, 11) is 0. The molecule has 0 aromatic carbocycles. The minimum atomic E-state index is -0.427. The van der Waals surface area contributed by atoms with Crippen molar-refractivity contribution in [1.29, 1.82) is 0 Å². The van der Waals surface area contributed by atoms with Gasteiger partial charge in [-0.2, -0.15) is 0 Å². The second kappa shape index (κ2) is 7.61. The van der Waals surface area contributed by atoms with Crippen LogP contribution in [0.5, 0.6) is 0 Å². The highest BCUT2D eigenvalue weighted by Gasteiger charge is 2.27. The topological polar surface area (TPSA) is 35.5 Å². The maximum Gasteiger partial charge on any atom is 0.0771 e. The van der Waals surface area contributed by atoms with E-state index in [4.69, 9.17) is 0 Å². The molecule has 2 rings (SSSR count). The molecule has 2 N–H and O–H groups in total. The van der Waals surface area contributed by atoms with Crippen molar-refractivity contribution in [3.8, 4) is 0 Å². The summed E-state index contributed by atoms with van der Waals surface area (Å²) in [6.45, 7) is 7.94. The van der Waals surface area contributed by atoms with Crippen LogP contribution in [0, 0.1) is 5.92 Å². The smallest absolute Gasteiger partial charge is 0.0771 e. The number of hydrogen-bond acceptors (Lipinski definition) is 3. The molecule has 0 amide bonds. The third kappa shape index (κ3) is 5.41. The van der Waals surface area contributed by atoms with Gasteiger partial charge in [0.1, 0.15) is 0 Å². The molecular formula is C16H32N2O. The van der Waals surface area contributed by atoms with Crippen molar-refractivity contribution in [2.24, 2.45) is 5.92 Å². The van der Waals surface area contributed by atoms with Crippen LogP contribution in [0.25, 0.3) is 0 Å². The van der Waals surface area contributed by atoms with Gasteiger partial charge in [0.25, 0.3) is 0 Å². The predicted octanol–water partition coefficient (Wildman–Crippen LogP) is 2.39. The van der Waals surface area contributed by atoms with Gasteiger partial charge in [0, 0.05) is 13.1 Å². The first kappa shape index (κ1) is 15.3. The average Bonchev–Trinajstić information content (AvgIpc) is 2.77. The molecule has 1 aliphatic carbocycles. The third-order valence-corrected chi connectivity index (χ3v) is 4.75. The minimum absolute atomic E-state index is 0.427. The predicted molar refractivity (Wildman–Crippen MR) is 80.4 cm³/mol. The number of nitrogens with zero attached hydrogens (tertiary/aromatic N) is 1. The Morgan fingerprint density at radius 1 is 1.05 bits per heavy atom. The lowest BCUT2D eigenvalue weighted by molar-refractivity contribution is 0.0245. The average molecular weight is 268 g/mol. The Hall–Kier alpha value is -0.120. The zero-order valence-corrected chi connectivity index (χ0v) is 12.7. The van der Waals surface area contributed by atoms with Crippen molar-refractivity contribution in [2.45, 2.75) is 63.9 Å². The fourth-order valence-corrected chi connectivity index (χ4v) is 3.59. The lowest BCUT2D eigenvalue weighted by atomic mass is 9.94. The molecule has 0 aromatic rings. The molecule has 3 heteroatoms. The van der Waals surface area contributed by atoms with Crippen molar-refractivity contribution >= 4 is 0 Å². The number of hydrogen-bond donors (Lipinski definition) is 2. The second-order valence-electron chi connectivity index (χ2n) is 6.88. The van der Waals surface area contributed by atoms with Gasteiger partial charge in [-0.3, -0.25) is 0 Å². The molecule has 0 radical (unpaired) electrons. The van der Waals surface area contributed by atoms with E-state index < -0.39 is 5.60 Å². The van der Waals surface area contributed by atoms with Crippen LogP contribution in [0.1, 0.15) is 58.3 Å². The van der Waals surface area contributed by atoms with Crippen LogP contribution >= 0.6 is 0 Å². The zero-order valence-electron chi connectivity index (χ0n) is 12.7. The molecule has 1 saturated carbocycles. The lowest BCUT2D eigenvalue weighted by Gasteiger charge is -2.28. The van der Waals surface area contributed by atoms with Crippen molar-refractivity contribution in [3.05, 3.63) is 0 Å². The lowest BCUT2D eigenvalue weighted by Crippen LogP contribution is -2.42. The Bertz CT molecular complexity index is 243.